The van der Waals surface area contributed by atoms with E-state index in [0.29, 0.717) is 18.8 Å². The summed E-state index contributed by atoms with van der Waals surface area (Å²) in [6.07, 6.45) is 2.92. The van der Waals surface area contributed by atoms with Crippen molar-refractivity contribution in [1.29, 1.82) is 0 Å². The molecule has 0 heterocycles. The van der Waals surface area contributed by atoms with Crippen molar-refractivity contribution in [3.8, 4) is 0 Å². The number of carbonyl (C=O) groups excluding carboxylic acids is 1. The summed E-state index contributed by atoms with van der Waals surface area (Å²) in [5.74, 6) is -0.959. The standard InChI is InChI=1S/C11H21NO5S/c1-9-3-5-11(14,6-4-9)8-12-18(15,16)7-10(13)17-2/h9,12,14H,3-8H2,1-2H3. The van der Waals surface area contributed by atoms with E-state index >= 15 is 0 Å². The van der Waals surface area contributed by atoms with Crippen LogP contribution in [-0.2, 0) is 19.6 Å². The van der Waals surface area contributed by atoms with Crippen LogP contribution in [0.2, 0.25) is 0 Å². The molecule has 0 aromatic rings. The van der Waals surface area contributed by atoms with Gasteiger partial charge in [-0.3, -0.25) is 4.79 Å². The largest absolute Gasteiger partial charge is 0.468 e. The lowest BCUT2D eigenvalue weighted by molar-refractivity contribution is -0.137. The van der Waals surface area contributed by atoms with E-state index in [0.717, 1.165) is 20.0 Å². The fourth-order valence-electron chi connectivity index (χ4n) is 1.99. The molecule has 1 aliphatic rings. The van der Waals surface area contributed by atoms with Gasteiger partial charge in [-0.25, -0.2) is 13.1 Å². The van der Waals surface area contributed by atoms with Crippen molar-refractivity contribution in [2.75, 3.05) is 19.4 Å². The monoisotopic (exact) mass is 279 g/mol. The Hall–Kier alpha value is -0.660. The Morgan fingerprint density at radius 2 is 2.00 bits per heavy atom. The van der Waals surface area contributed by atoms with Crippen molar-refractivity contribution >= 4 is 16.0 Å². The summed E-state index contributed by atoms with van der Waals surface area (Å²) in [5.41, 5.74) is -0.990. The summed E-state index contributed by atoms with van der Waals surface area (Å²) < 4.78 is 29.6. The molecular weight excluding hydrogens is 258 g/mol. The number of methoxy groups -OCH3 is 1. The smallest absolute Gasteiger partial charge is 0.322 e. The molecule has 2 N–H and O–H groups in total. The van der Waals surface area contributed by atoms with Crippen LogP contribution in [0.4, 0.5) is 0 Å². The van der Waals surface area contributed by atoms with Gasteiger partial charge < -0.3 is 9.84 Å². The molecule has 0 aromatic carbocycles. The zero-order chi connectivity index (χ0) is 13.8. The highest BCUT2D eigenvalue weighted by Gasteiger charge is 2.33. The lowest BCUT2D eigenvalue weighted by atomic mass is 9.80. The first-order valence-electron chi connectivity index (χ1n) is 6.03. The number of esters is 1. The van der Waals surface area contributed by atoms with Crippen molar-refractivity contribution in [2.45, 2.75) is 38.2 Å². The fourth-order valence-corrected chi connectivity index (χ4v) is 3.00. The van der Waals surface area contributed by atoms with Crippen LogP contribution in [0.1, 0.15) is 32.6 Å². The highest BCUT2D eigenvalue weighted by atomic mass is 32.2. The number of rotatable bonds is 5. The maximum atomic E-state index is 11.5. The lowest BCUT2D eigenvalue weighted by Gasteiger charge is -2.34. The van der Waals surface area contributed by atoms with Crippen LogP contribution >= 0.6 is 0 Å². The van der Waals surface area contributed by atoms with E-state index in [-0.39, 0.29) is 6.54 Å². The van der Waals surface area contributed by atoms with Crippen LogP contribution in [0.3, 0.4) is 0 Å². The van der Waals surface area contributed by atoms with E-state index in [1.165, 1.54) is 0 Å². The number of hydrogen-bond donors (Lipinski definition) is 2. The van der Waals surface area contributed by atoms with Crippen molar-refractivity contribution in [3.05, 3.63) is 0 Å². The summed E-state index contributed by atoms with van der Waals surface area (Å²) in [4.78, 5) is 10.9. The van der Waals surface area contributed by atoms with Crippen LogP contribution < -0.4 is 4.72 Å². The maximum Gasteiger partial charge on any atom is 0.322 e. The number of carbonyl (C=O) groups is 1. The average Bonchev–Trinajstić information content (AvgIpc) is 2.31. The first-order chi connectivity index (χ1) is 8.26. The molecule has 1 rings (SSSR count). The van der Waals surface area contributed by atoms with E-state index in [1.54, 1.807) is 0 Å². The van der Waals surface area contributed by atoms with Gasteiger partial charge in [0.1, 0.15) is 0 Å². The summed E-state index contributed by atoms with van der Waals surface area (Å²) in [6.45, 7) is 2.07. The molecule has 0 atom stereocenters. The van der Waals surface area contributed by atoms with Gasteiger partial charge in [-0.2, -0.15) is 0 Å². The van der Waals surface area contributed by atoms with Crippen molar-refractivity contribution in [3.63, 3.8) is 0 Å². The molecule has 0 saturated heterocycles. The van der Waals surface area contributed by atoms with Crippen molar-refractivity contribution < 1.29 is 23.1 Å². The highest BCUT2D eigenvalue weighted by Crippen LogP contribution is 2.31. The molecule has 0 radical (unpaired) electrons. The van der Waals surface area contributed by atoms with Crippen molar-refractivity contribution in [1.82, 2.24) is 4.72 Å². The molecule has 1 aliphatic carbocycles. The Morgan fingerprint density at radius 1 is 1.44 bits per heavy atom. The van der Waals surface area contributed by atoms with Gasteiger partial charge in [-0.15, -0.1) is 0 Å². The van der Waals surface area contributed by atoms with E-state index in [4.69, 9.17) is 0 Å². The van der Waals surface area contributed by atoms with Gasteiger partial charge in [0.2, 0.25) is 10.0 Å². The van der Waals surface area contributed by atoms with Crippen LogP contribution in [-0.4, -0.2) is 44.5 Å². The molecule has 0 amide bonds. The second-order valence-corrected chi connectivity index (χ2v) is 6.87. The first kappa shape index (κ1) is 15.4. The van der Waals surface area contributed by atoms with E-state index in [9.17, 15) is 18.3 Å². The van der Waals surface area contributed by atoms with Gasteiger partial charge in [0.05, 0.1) is 12.7 Å². The third-order valence-electron chi connectivity index (χ3n) is 3.36. The van der Waals surface area contributed by atoms with Gasteiger partial charge in [0.25, 0.3) is 0 Å². The second-order valence-electron chi connectivity index (χ2n) is 5.06. The minimum Gasteiger partial charge on any atom is -0.468 e. The second kappa shape index (κ2) is 5.99. The van der Waals surface area contributed by atoms with Gasteiger partial charge in [0.15, 0.2) is 5.75 Å². The minimum absolute atomic E-state index is 0.0426. The third-order valence-corrected chi connectivity index (χ3v) is 4.56. The normalized spacial score (nSPS) is 28.9. The topological polar surface area (TPSA) is 92.7 Å². The highest BCUT2D eigenvalue weighted by molar-refractivity contribution is 7.90. The molecule has 6 nitrogen and oxygen atoms in total. The predicted octanol–water partition coefficient (Wildman–Crippen LogP) is 0.0200. The quantitative estimate of drug-likeness (QED) is 0.692. The maximum absolute atomic E-state index is 11.5. The van der Waals surface area contributed by atoms with Crippen molar-refractivity contribution in [2.24, 2.45) is 5.92 Å². The molecule has 7 heteroatoms. The number of hydrogen-bond acceptors (Lipinski definition) is 5. The van der Waals surface area contributed by atoms with Crippen LogP contribution in [0, 0.1) is 5.92 Å². The Bertz CT molecular complexity index is 384. The Kier molecular flexibility index (Phi) is 5.12. The van der Waals surface area contributed by atoms with Gasteiger partial charge in [-0.1, -0.05) is 6.92 Å². The van der Waals surface area contributed by atoms with Crippen LogP contribution in [0.25, 0.3) is 0 Å². The zero-order valence-electron chi connectivity index (χ0n) is 10.8. The number of nitrogens with one attached hydrogen (secondary N) is 1. The summed E-state index contributed by atoms with van der Waals surface area (Å²) >= 11 is 0. The van der Waals surface area contributed by atoms with E-state index in [1.807, 2.05) is 0 Å². The zero-order valence-corrected chi connectivity index (χ0v) is 11.6. The molecule has 1 saturated carbocycles. The molecule has 0 spiro atoms. The van der Waals surface area contributed by atoms with Gasteiger partial charge in [0, 0.05) is 6.54 Å². The SMILES string of the molecule is COC(=O)CS(=O)(=O)NCC1(O)CCC(C)CC1. The first-order valence-corrected chi connectivity index (χ1v) is 7.68. The van der Waals surface area contributed by atoms with Crippen LogP contribution in [0.5, 0.6) is 0 Å². The van der Waals surface area contributed by atoms with E-state index < -0.39 is 27.3 Å². The molecule has 106 valence electrons. The molecule has 0 aliphatic heterocycles. The third kappa shape index (κ3) is 4.91. The van der Waals surface area contributed by atoms with E-state index in [2.05, 4.69) is 16.4 Å². The molecule has 0 unspecified atom stereocenters. The van der Waals surface area contributed by atoms with Gasteiger partial charge >= 0.3 is 5.97 Å². The van der Waals surface area contributed by atoms with Gasteiger partial charge in [-0.05, 0) is 31.6 Å². The number of ether oxygens (including phenoxy) is 1. The Balaban J connectivity index is 2.46. The number of sulfonamides is 1. The lowest BCUT2D eigenvalue weighted by Crippen LogP contribution is -2.46. The molecule has 1 fully saturated rings. The fraction of sp³-hybridized carbons (Fsp3) is 0.909. The minimum atomic E-state index is -3.73. The molecule has 0 bridgehead atoms. The Labute approximate surface area is 108 Å². The predicted molar refractivity (Wildman–Crippen MR) is 66.4 cm³/mol. The molecule has 18 heavy (non-hydrogen) atoms. The Morgan fingerprint density at radius 3 is 2.50 bits per heavy atom. The van der Waals surface area contributed by atoms with Crippen LogP contribution in [0.15, 0.2) is 0 Å². The summed E-state index contributed by atoms with van der Waals surface area (Å²) in [6, 6.07) is 0. The molecular formula is C11H21NO5S. The summed E-state index contributed by atoms with van der Waals surface area (Å²) in [5, 5.41) is 10.2. The summed E-state index contributed by atoms with van der Waals surface area (Å²) in [7, 11) is -2.60. The molecule has 0 aromatic heterocycles. The number of aliphatic hydroxyl groups is 1. The average molecular weight is 279 g/mol.